The van der Waals surface area contributed by atoms with Gasteiger partial charge >= 0.3 is 0 Å². The van der Waals surface area contributed by atoms with E-state index in [1.165, 1.54) is 22.8 Å². The molecule has 21 heavy (non-hydrogen) atoms. The summed E-state index contributed by atoms with van der Waals surface area (Å²) in [6, 6.07) is 7.36. The highest BCUT2D eigenvalue weighted by Crippen LogP contribution is 2.20. The van der Waals surface area contributed by atoms with E-state index in [9.17, 15) is 8.42 Å². The third-order valence-corrected chi connectivity index (χ3v) is 5.16. The van der Waals surface area contributed by atoms with Gasteiger partial charge in [0, 0.05) is 23.4 Å². The van der Waals surface area contributed by atoms with E-state index in [1.807, 2.05) is 18.2 Å². The smallest absolute Gasteiger partial charge is 0.212 e. The summed E-state index contributed by atoms with van der Waals surface area (Å²) in [7, 11) is -1.61. The second-order valence-corrected chi connectivity index (χ2v) is 7.49. The van der Waals surface area contributed by atoms with E-state index in [0.717, 1.165) is 4.90 Å². The summed E-state index contributed by atoms with van der Waals surface area (Å²) in [5.41, 5.74) is 6.34. The zero-order chi connectivity index (χ0) is 15.3. The predicted molar refractivity (Wildman–Crippen MR) is 83.2 cm³/mol. The minimum absolute atomic E-state index is 0.0271. The molecule has 0 fully saturated rings. The molecular weight excluding hydrogens is 310 g/mol. The molecule has 0 aliphatic heterocycles. The average Bonchev–Trinajstić information content (AvgIpc) is 2.82. The van der Waals surface area contributed by atoms with Gasteiger partial charge in [0.1, 0.15) is 6.33 Å². The van der Waals surface area contributed by atoms with Crippen LogP contribution >= 0.6 is 11.8 Å². The number of nitrogens with two attached hydrogens (primary N) is 1. The van der Waals surface area contributed by atoms with Crippen LogP contribution in [0.1, 0.15) is 5.82 Å². The lowest BCUT2D eigenvalue weighted by Gasteiger charge is -2.05. The summed E-state index contributed by atoms with van der Waals surface area (Å²) in [5.74, 6) is 0.929. The molecule has 0 saturated heterocycles. The number of benzene rings is 1. The van der Waals surface area contributed by atoms with Crippen molar-refractivity contribution in [3.05, 3.63) is 36.4 Å². The van der Waals surface area contributed by atoms with Crippen molar-refractivity contribution in [1.29, 1.82) is 0 Å². The minimum Gasteiger partial charge on any atom is -0.399 e. The Balaban J connectivity index is 1.78. The maximum absolute atomic E-state index is 11.9. The van der Waals surface area contributed by atoms with Gasteiger partial charge in [-0.25, -0.2) is 18.1 Å². The van der Waals surface area contributed by atoms with Crippen LogP contribution < -0.4 is 10.5 Å². The van der Waals surface area contributed by atoms with Crippen molar-refractivity contribution in [1.82, 2.24) is 19.5 Å². The molecule has 1 aromatic heterocycles. The molecular formula is C12H17N5O2S2. The lowest BCUT2D eigenvalue weighted by atomic mass is 10.3. The number of rotatable bonds is 7. The Morgan fingerprint density at radius 3 is 2.90 bits per heavy atom. The summed E-state index contributed by atoms with van der Waals surface area (Å²) >= 11 is 1.45. The zero-order valence-electron chi connectivity index (χ0n) is 11.6. The van der Waals surface area contributed by atoms with Crippen LogP contribution in [0.2, 0.25) is 0 Å². The minimum atomic E-state index is -3.34. The molecule has 0 radical (unpaired) electrons. The molecule has 9 heteroatoms. The van der Waals surface area contributed by atoms with Crippen molar-refractivity contribution in [2.45, 2.75) is 11.4 Å². The number of nitrogen functional groups attached to an aromatic ring is 1. The number of aromatic nitrogens is 3. The molecule has 1 aromatic carbocycles. The molecule has 0 aliphatic carbocycles. The van der Waals surface area contributed by atoms with Crippen LogP contribution in [0.3, 0.4) is 0 Å². The van der Waals surface area contributed by atoms with Crippen molar-refractivity contribution >= 4 is 27.5 Å². The van der Waals surface area contributed by atoms with Crippen LogP contribution in [0.4, 0.5) is 5.69 Å². The van der Waals surface area contributed by atoms with Crippen molar-refractivity contribution < 1.29 is 8.42 Å². The Hall–Kier alpha value is -1.58. The fourth-order valence-corrected chi connectivity index (χ4v) is 3.92. The Morgan fingerprint density at radius 2 is 2.24 bits per heavy atom. The number of nitrogens with zero attached hydrogens (tertiary/aromatic N) is 3. The Bertz CT molecular complexity index is 699. The van der Waals surface area contributed by atoms with Crippen LogP contribution in [0, 0.1) is 0 Å². The third kappa shape index (κ3) is 5.37. The van der Waals surface area contributed by atoms with Gasteiger partial charge in [-0.05, 0) is 18.2 Å². The molecule has 2 rings (SSSR count). The number of sulfonamides is 1. The molecule has 0 atom stereocenters. The first-order valence-electron chi connectivity index (χ1n) is 6.25. The van der Waals surface area contributed by atoms with Crippen LogP contribution in [0.25, 0.3) is 0 Å². The van der Waals surface area contributed by atoms with Crippen molar-refractivity contribution in [3.8, 4) is 0 Å². The number of hydrogen-bond acceptors (Lipinski definition) is 6. The van der Waals surface area contributed by atoms with Gasteiger partial charge in [-0.2, -0.15) is 5.10 Å². The summed E-state index contributed by atoms with van der Waals surface area (Å²) < 4.78 is 27.7. The van der Waals surface area contributed by atoms with Crippen molar-refractivity contribution in [3.63, 3.8) is 0 Å². The lowest BCUT2D eigenvalue weighted by Crippen LogP contribution is -2.27. The first-order chi connectivity index (χ1) is 9.94. The molecule has 0 aliphatic rings. The average molecular weight is 327 g/mol. The second kappa shape index (κ2) is 6.92. The predicted octanol–water partition coefficient (Wildman–Crippen LogP) is 0.609. The number of aryl methyl sites for hydroxylation is 1. The van der Waals surface area contributed by atoms with E-state index in [1.54, 1.807) is 13.1 Å². The van der Waals surface area contributed by atoms with E-state index in [-0.39, 0.29) is 12.3 Å². The largest absolute Gasteiger partial charge is 0.399 e. The highest BCUT2D eigenvalue weighted by atomic mass is 32.2. The van der Waals surface area contributed by atoms with Crippen LogP contribution in [0.5, 0.6) is 0 Å². The van der Waals surface area contributed by atoms with Gasteiger partial charge in [0.2, 0.25) is 10.0 Å². The Morgan fingerprint density at radius 1 is 1.43 bits per heavy atom. The van der Waals surface area contributed by atoms with E-state index < -0.39 is 10.0 Å². The highest BCUT2D eigenvalue weighted by molar-refractivity contribution is 8.00. The van der Waals surface area contributed by atoms with Crippen molar-refractivity contribution in [2.24, 2.45) is 7.05 Å². The standard InChI is InChI=1S/C12H17N5O2S2/c1-17-9-14-12(16-17)8-15-21(18,19)6-5-20-11-4-2-3-10(13)7-11/h2-4,7,9,15H,5-6,8,13H2,1H3. The molecule has 0 amide bonds. The molecule has 2 aromatic rings. The summed E-state index contributed by atoms with van der Waals surface area (Å²) in [6.45, 7) is 0.103. The SMILES string of the molecule is Cn1cnc(CNS(=O)(=O)CCSc2cccc(N)c2)n1. The topological polar surface area (TPSA) is 103 Å². The number of nitrogens with one attached hydrogen (secondary N) is 1. The van der Waals surface area contributed by atoms with Gasteiger partial charge in [0.25, 0.3) is 0 Å². The summed E-state index contributed by atoms with van der Waals surface area (Å²) in [5, 5.41) is 4.01. The maximum atomic E-state index is 11.9. The van der Waals surface area contributed by atoms with Gasteiger partial charge in [-0.1, -0.05) is 6.07 Å². The van der Waals surface area contributed by atoms with Crippen molar-refractivity contribution in [2.75, 3.05) is 17.2 Å². The number of hydrogen-bond donors (Lipinski definition) is 2. The monoisotopic (exact) mass is 327 g/mol. The maximum Gasteiger partial charge on any atom is 0.212 e. The molecule has 3 N–H and O–H groups in total. The van der Waals surface area contributed by atoms with Gasteiger partial charge in [-0.3, -0.25) is 4.68 Å². The van der Waals surface area contributed by atoms with Gasteiger partial charge in [-0.15, -0.1) is 11.8 Å². The van der Waals surface area contributed by atoms with E-state index in [4.69, 9.17) is 5.73 Å². The van der Waals surface area contributed by atoms with Crippen LogP contribution in [0.15, 0.2) is 35.5 Å². The van der Waals surface area contributed by atoms with E-state index in [2.05, 4.69) is 14.8 Å². The Kier molecular flexibility index (Phi) is 5.21. The Labute approximate surface area is 128 Å². The van der Waals surface area contributed by atoms with Crippen LogP contribution in [-0.4, -0.2) is 34.7 Å². The first-order valence-corrected chi connectivity index (χ1v) is 8.88. The summed E-state index contributed by atoms with van der Waals surface area (Å²) in [4.78, 5) is 4.92. The molecule has 7 nitrogen and oxygen atoms in total. The number of anilines is 1. The molecule has 0 unspecified atom stereocenters. The second-order valence-electron chi connectivity index (χ2n) is 4.40. The fourth-order valence-electron chi connectivity index (χ4n) is 1.59. The van der Waals surface area contributed by atoms with Gasteiger partial charge in [0.05, 0.1) is 12.3 Å². The van der Waals surface area contributed by atoms with E-state index in [0.29, 0.717) is 17.3 Å². The quantitative estimate of drug-likeness (QED) is 0.570. The molecule has 0 saturated carbocycles. The molecule has 0 bridgehead atoms. The molecule has 1 heterocycles. The van der Waals surface area contributed by atoms with E-state index >= 15 is 0 Å². The normalized spacial score (nSPS) is 11.7. The van der Waals surface area contributed by atoms with Crippen LogP contribution in [-0.2, 0) is 23.6 Å². The number of thioether (sulfide) groups is 1. The lowest BCUT2D eigenvalue weighted by molar-refractivity contribution is 0.580. The molecule has 0 spiro atoms. The summed E-state index contributed by atoms with van der Waals surface area (Å²) in [6.07, 6.45) is 1.53. The third-order valence-electron chi connectivity index (χ3n) is 2.58. The highest BCUT2D eigenvalue weighted by Gasteiger charge is 2.11. The molecule has 114 valence electrons. The first kappa shape index (κ1) is 15.8. The van der Waals surface area contributed by atoms with Gasteiger partial charge < -0.3 is 5.73 Å². The van der Waals surface area contributed by atoms with Gasteiger partial charge in [0.15, 0.2) is 5.82 Å². The zero-order valence-corrected chi connectivity index (χ0v) is 13.2. The fraction of sp³-hybridized carbons (Fsp3) is 0.333.